The van der Waals surface area contributed by atoms with Crippen LogP contribution in [0.5, 0.6) is 0 Å². The molecule has 1 aromatic carbocycles. The summed E-state index contributed by atoms with van der Waals surface area (Å²) in [6.45, 7) is 1.75. The van der Waals surface area contributed by atoms with E-state index >= 15 is 0 Å². The topological polar surface area (TPSA) is 35.8 Å². The van der Waals surface area contributed by atoms with Gasteiger partial charge in [-0.05, 0) is 17.2 Å². The van der Waals surface area contributed by atoms with E-state index in [4.69, 9.17) is 5.26 Å². The molecule has 0 amide bonds. The van der Waals surface area contributed by atoms with Crippen molar-refractivity contribution in [3.63, 3.8) is 0 Å². The summed E-state index contributed by atoms with van der Waals surface area (Å²) < 4.78 is 0. The lowest BCUT2D eigenvalue weighted by atomic mass is 10.1. The molecule has 0 unspecified atom stereocenters. The van der Waals surface area contributed by atoms with Gasteiger partial charge in [0.25, 0.3) is 0 Å². The molecule has 2 rings (SSSR count). The maximum Gasteiger partial charge on any atom is 1.00 e. The van der Waals surface area contributed by atoms with Crippen LogP contribution in [0.1, 0.15) is 18.1 Å². The van der Waals surface area contributed by atoms with Crippen molar-refractivity contribution < 1.29 is 13.8 Å². The van der Waals surface area contributed by atoms with E-state index < -0.39 is 0 Å². The van der Waals surface area contributed by atoms with Gasteiger partial charge in [0.2, 0.25) is 0 Å². The van der Waals surface area contributed by atoms with E-state index in [0.717, 1.165) is 18.7 Å². The van der Waals surface area contributed by atoms with Gasteiger partial charge in [-0.15, -0.1) is 0 Å². The first-order valence-electron chi connectivity index (χ1n) is 3.63. The van der Waals surface area contributed by atoms with Crippen LogP contribution >= 0.6 is 0 Å². The molecule has 1 heterocycles. The van der Waals surface area contributed by atoms with Crippen LogP contribution in [0, 0.1) is 11.3 Å². The first-order valence-corrected chi connectivity index (χ1v) is 3.63. The van der Waals surface area contributed by atoms with Gasteiger partial charge in [-0.1, -0.05) is 12.1 Å². The number of rotatable bonds is 0. The zero-order chi connectivity index (χ0) is 7.68. The molecule has 0 bridgehead atoms. The molecular weight excluding hydrogens is 172 g/mol. The van der Waals surface area contributed by atoms with Crippen LogP contribution in [-0.2, 0) is 13.1 Å². The average Bonchev–Trinajstić information content (AvgIpc) is 2.50. The lowest BCUT2D eigenvalue weighted by Crippen LogP contribution is -3.00. The summed E-state index contributed by atoms with van der Waals surface area (Å²) in [5.41, 5.74) is 3.26. The fourth-order valence-corrected chi connectivity index (χ4v) is 1.44. The van der Waals surface area contributed by atoms with Crippen molar-refractivity contribution in [1.29, 1.82) is 5.26 Å². The van der Waals surface area contributed by atoms with Crippen molar-refractivity contribution in [1.82, 2.24) is 5.32 Å². The van der Waals surface area contributed by atoms with Gasteiger partial charge in [-0.3, -0.25) is 0 Å². The number of hydrogen-bond acceptors (Lipinski definition) is 2. The number of nitrogens with zero attached hydrogens (tertiary/aromatic N) is 1. The highest BCUT2D eigenvalue weighted by atomic mass is 35.5. The zero-order valence-electron chi connectivity index (χ0n) is 7.47. The fourth-order valence-electron chi connectivity index (χ4n) is 1.44. The van der Waals surface area contributed by atoms with Crippen LogP contribution in [0.2, 0.25) is 0 Å². The third kappa shape index (κ3) is 1.29. The number of benzene rings is 1. The molecular formula is C9H9ClN2. The second-order valence-corrected chi connectivity index (χ2v) is 2.66. The Morgan fingerprint density at radius 3 is 3.00 bits per heavy atom. The van der Waals surface area contributed by atoms with E-state index in [2.05, 4.69) is 17.5 Å². The van der Waals surface area contributed by atoms with Gasteiger partial charge in [0.15, 0.2) is 0 Å². The highest BCUT2D eigenvalue weighted by Crippen LogP contribution is 2.18. The first kappa shape index (κ1) is 9.05. The molecule has 3 heteroatoms. The molecule has 2 nitrogen and oxygen atoms in total. The van der Waals surface area contributed by atoms with Crippen LogP contribution in [0.4, 0.5) is 0 Å². The summed E-state index contributed by atoms with van der Waals surface area (Å²) in [6, 6.07) is 8.05. The quantitative estimate of drug-likeness (QED) is 0.516. The molecule has 1 N–H and O–H groups in total. The summed E-state index contributed by atoms with van der Waals surface area (Å²) in [7, 11) is 0. The van der Waals surface area contributed by atoms with Gasteiger partial charge in [0.05, 0.1) is 11.6 Å². The Bertz CT molecular complexity index is 333. The van der Waals surface area contributed by atoms with Gasteiger partial charge in [-0.25, -0.2) is 0 Å². The summed E-state index contributed by atoms with van der Waals surface area (Å²) in [5, 5.41) is 11.9. The number of halogens is 1. The minimum atomic E-state index is 0. The summed E-state index contributed by atoms with van der Waals surface area (Å²) in [5.74, 6) is 0. The molecule has 1 aromatic rings. The van der Waals surface area contributed by atoms with Crippen molar-refractivity contribution in [3.05, 3.63) is 34.9 Å². The SMILES string of the molecule is N#Cc1cccc2c1CNC2.[Cl-].[H+]. The van der Waals surface area contributed by atoms with Gasteiger partial charge >= 0.3 is 1.43 Å². The number of nitrogens with one attached hydrogen (secondary N) is 1. The van der Waals surface area contributed by atoms with Crippen LogP contribution < -0.4 is 17.7 Å². The minimum absolute atomic E-state index is 0. The number of nitriles is 1. The molecule has 0 spiro atoms. The molecule has 0 fully saturated rings. The largest absolute Gasteiger partial charge is 1.00 e. The zero-order valence-corrected chi connectivity index (χ0v) is 7.23. The Kier molecular flexibility index (Phi) is 2.69. The highest BCUT2D eigenvalue weighted by molar-refractivity contribution is 5.44. The summed E-state index contributed by atoms with van der Waals surface area (Å²) >= 11 is 0. The van der Waals surface area contributed by atoms with Gasteiger partial charge in [0.1, 0.15) is 0 Å². The van der Waals surface area contributed by atoms with E-state index in [1.54, 1.807) is 0 Å². The lowest BCUT2D eigenvalue weighted by Gasteiger charge is -1.97. The Morgan fingerprint density at radius 2 is 2.25 bits per heavy atom. The molecule has 12 heavy (non-hydrogen) atoms. The normalized spacial score (nSPS) is 12.9. The first-order chi connectivity index (χ1) is 5.42. The van der Waals surface area contributed by atoms with Crippen LogP contribution in [-0.4, -0.2) is 0 Å². The minimum Gasteiger partial charge on any atom is -1.00 e. The van der Waals surface area contributed by atoms with E-state index in [-0.39, 0.29) is 13.8 Å². The Labute approximate surface area is 79.1 Å². The van der Waals surface area contributed by atoms with Crippen molar-refractivity contribution in [2.24, 2.45) is 0 Å². The van der Waals surface area contributed by atoms with Crippen molar-refractivity contribution in [2.45, 2.75) is 13.1 Å². The summed E-state index contributed by atoms with van der Waals surface area (Å²) in [6.07, 6.45) is 0. The van der Waals surface area contributed by atoms with Gasteiger partial charge < -0.3 is 17.7 Å². The second-order valence-electron chi connectivity index (χ2n) is 2.66. The molecule has 0 saturated heterocycles. The third-order valence-electron chi connectivity index (χ3n) is 2.01. The lowest BCUT2D eigenvalue weighted by molar-refractivity contribution is -0.00000246. The second kappa shape index (κ2) is 3.57. The molecule has 1 aliphatic rings. The van der Waals surface area contributed by atoms with Gasteiger partial charge in [0, 0.05) is 13.1 Å². The summed E-state index contributed by atoms with van der Waals surface area (Å²) in [4.78, 5) is 0. The Morgan fingerprint density at radius 1 is 1.42 bits per heavy atom. The predicted octanol–water partition coefficient (Wildman–Crippen LogP) is -1.72. The van der Waals surface area contributed by atoms with E-state index in [9.17, 15) is 0 Å². The Balaban J connectivity index is 0.000000720. The number of fused-ring (bicyclic) bond motifs is 1. The van der Waals surface area contributed by atoms with Crippen molar-refractivity contribution in [2.75, 3.05) is 0 Å². The van der Waals surface area contributed by atoms with Crippen LogP contribution in [0.15, 0.2) is 18.2 Å². The molecule has 0 aliphatic carbocycles. The maximum absolute atomic E-state index is 8.72. The maximum atomic E-state index is 8.72. The Hall–Kier alpha value is -1.04. The van der Waals surface area contributed by atoms with E-state index in [0.29, 0.717) is 0 Å². The molecule has 0 radical (unpaired) electrons. The van der Waals surface area contributed by atoms with Gasteiger partial charge in [-0.2, -0.15) is 5.26 Å². The van der Waals surface area contributed by atoms with E-state index in [1.165, 1.54) is 11.1 Å². The molecule has 1 aliphatic heterocycles. The third-order valence-corrected chi connectivity index (χ3v) is 2.01. The fraction of sp³-hybridized carbons (Fsp3) is 0.222. The standard InChI is InChI=1S/C9H8N2.ClH/c10-4-7-2-1-3-8-5-11-6-9(7)8;/h1-3,11H,5-6H2;1H. The molecule has 62 valence electrons. The average molecular weight is 181 g/mol. The molecule has 0 saturated carbocycles. The van der Waals surface area contributed by atoms with E-state index in [1.807, 2.05) is 12.1 Å². The predicted molar refractivity (Wildman–Crippen MR) is 42.8 cm³/mol. The molecule has 0 aromatic heterocycles. The smallest absolute Gasteiger partial charge is 1.00 e. The van der Waals surface area contributed by atoms with Crippen LogP contribution in [0.3, 0.4) is 0 Å². The highest BCUT2D eigenvalue weighted by Gasteiger charge is 2.12. The van der Waals surface area contributed by atoms with Crippen LogP contribution in [0.25, 0.3) is 0 Å². The monoisotopic (exact) mass is 180 g/mol. The molecule has 0 atom stereocenters. The number of hydrogen-bond donors (Lipinski definition) is 1. The van der Waals surface area contributed by atoms with Crippen molar-refractivity contribution >= 4 is 0 Å². The van der Waals surface area contributed by atoms with Crippen molar-refractivity contribution in [3.8, 4) is 6.07 Å².